The summed E-state index contributed by atoms with van der Waals surface area (Å²) in [5.74, 6) is -0.903. The van der Waals surface area contributed by atoms with Crippen molar-refractivity contribution in [2.45, 2.75) is 19.8 Å². The van der Waals surface area contributed by atoms with E-state index in [0.717, 1.165) is 18.6 Å². The van der Waals surface area contributed by atoms with Gasteiger partial charge in [-0.1, -0.05) is 6.92 Å². The van der Waals surface area contributed by atoms with E-state index in [0.29, 0.717) is 26.2 Å². The molecule has 0 radical (unpaired) electrons. The molecule has 0 atom stereocenters. The van der Waals surface area contributed by atoms with Crippen molar-refractivity contribution in [2.24, 2.45) is 0 Å². The predicted octanol–water partition coefficient (Wildman–Crippen LogP) is 1.85. The zero-order valence-electron chi connectivity index (χ0n) is 11.3. The highest BCUT2D eigenvalue weighted by Crippen LogP contribution is 2.26. The Bertz CT molecular complexity index is 476. The number of rotatable bonds is 8. The Kier molecular flexibility index (Phi) is 6.45. The van der Waals surface area contributed by atoms with Crippen LogP contribution in [0.15, 0.2) is 18.2 Å². The number of nitrogens with zero attached hydrogens (tertiary/aromatic N) is 1. The maximum absolute atomic E-state index is 11.7. The Morgan fingerprint density at radius 2 is 2.20 bits per heavy atom. The van der Waals surface area contributed by atoms with Gasteiger partial charge in [0.2, 0.25) is 0 Å². The molecule has 0 heterocycles. The molecule has 0 fully saturated rings. The molecule has 0 unspecified atom stereocenters. The van der Waals surface area contributed by atoms with Gasteiger partial charge >= 0.3 is 5.69 Å². The summed E-state index contributed by atoms with van der Waals surface area (Å²) < 4.78 is 5.27. The Balaban J connectivity index is 2.44. The molecule has 1 aromatic rings. The van der Waals surface area contributed by atoms with Crippen LogP contribution < -0.4 is 5.32 Å². The molecule has 0 saturated heterocycles. The number of phenolic OH excluding ortho intramolecular Hbond substituents is 1. The number of aromatic hydroxyl groups is 1. The summed E-state index contributed by atoms with van der Waals surface area (Å²) in [5, 5.41) is 22.6. The standard InChI is InChI=1S/C13H18N2O5/c1-2-7-20-8-3-6-14-13(17)10-4-5-11(15(18)19)12(16)9-10/h4-5,9,16H,2-3,6-8H2,1H3,(H,14,17). The third kappa shape index (κ3) is 4.85. The number of hydrogen-bond donors (Lipinski definition) is 2. The van der Waals surface area contributed by atoms with Crippen LogP contribution in [0.2, 0.25) is 0 Å². The third-order valence-electron chi connectivity index (χ3n) is 2.53. The van der Waals surface area contributed by atoms with Crippen molar-refractivity contribution in [2.75, 3.05) is 19.8 Å². The average molecular weight is 282 g/mol. The predicted molar refractivity (Wildman–Crippen MR) is 72.8 cm³/mol. The van der Waals surface area contributed by atoms with Crippen LogP contribution in [-0.2, 0) is 4.74 Å². The lowest BCUT2D eigenvalue weighted by atomic mass is 10.2. The lowest BCUT2D eigenvalue weighted by molar-refractivity contribution is -0.385. The van der Waals surface area contributed by atoms with Crippen molar-refractivity contribution in [3.8, 4) is 5.75 Å². The normalized spacial score (nSPS) is 10.2. The van der Waals surface area contributed by atoms with Gasteiger partial charge in [-0.2, -0.15) is 0 Å². The Hall–Kier alpha value is -2.15. The molecule has 0 saturated carbocycles. The Morgan fingerprint density at radius 3 is 2.80 bits per heavy atom. The highest BCUT2D eigenvalue weighted by molar-refractivity contribution is 5.95. The van der Waals surface area contributed by atoms with E-state index < -0.39 is 16.4 Å². The number of benzene rings is 1. The van der Waals surface area contributed by atoms with E-state index in [-0.39, 0.29) is 11.5 Å². The zero-order chi connectivity index (χ0) is 15.0. The van der Waals surface area contributed by atoms with E-state index in [1.54, 1.807) is 0 Å². The molecule has 2 N–H and O–H groups in total. The minimum Gasteiger partial charge on any atom is -0.502 e. The first-order valence-electron chi connectivity index (χ1n) is 6.39. The maximum atomic E-state index is 11.7. The topological polar surface area (TPSA) is 102 Å². The van der Waals surface area contributed by atoms with Crippen molar-refractivity contribution < 1.29 is 19.6 Å². The van der Waals surface area contributed by atoms with Gasteiger partial charge in [-0.25, -0.2) is 0 Å². The van der Waals surface area contributed by atoms with Crippen LogP contribution in [0.3, 0.4) is 0 Å². The lowest BCUT2D eigenvalue weighted by Gasteiger charge is -2.06. The van der Waals surface area contributed by atoms with Crippen molar-refractivity contribution in [3.63, 3.8) is 0 Å². The summed E-state index contributed by atoms with van der Waals surface area (Å²) in [6, 6.07) is 3.50. The van der Waals surface area contributed by atoms with Gasteiger partial charge in [-0.3, -0.25) is 14.9 Å². The summed E-state index contributed by atoms with van der Waals surface area (Å²) in [7, 11) is 0. The van der Waals surface area contributed by atoms with Gasteiger partial charge in [0.1, 0.15) is 0 Å². The minimum atomic E-state index is -0.706. The summed E-state index contributed by atoms with van der Waals surface area (Å²) in [4.78, 5) is 21.6. The van der Waals surface area contributed by atoms with Crippen LogP contribution in [0.1, 0.15) is 30.1 Å². The van der Waals surface area contributed by atoms with Crippen molar-refractivity contribution in [3.05, 3.63) is 33.9 Å². The fourth-order valence-corrected chi connectivity index (χ4v) is 1.54. The van der Waals surface area contributed by atoms with Crippen LogP contribution in [0.5, 0.6) is 5.75 Å². The largest absolute Gasteiger partial charge is 0.502 e. The lowest BCUT2D eigenvalue weighted by Crippen LogP contribution is -2.25. The molecule has 0 aromatic heterocycles. The highest BCUT2D eigenvalue weighted by atomic mass is 16.6. The van der Waals surface area contributed by atoms with Crippen molar-refractivity contribution >= 4 is 11.6 Å². The molecule has 0 spiro atoms. The smallest absolute Gasteiger partial charge is 0.310 e. The second kappa shape index (κ2) is 8.11. The van der Waals surface area contributed by atoms with E-state index >= 15 is 0 Å². The molecule has 1 rings (SSSR count). The number of carbonyl (C=O) groups is 1. The molecule has 1 aromatic carbocycles. The highest BCUT2D eigenvalue weighted by Gasteiger charge is 2.15. The molecule has 0 aliphatic rings. The van der Waals surface area contributed by atoms with Gasteiger partial charge in [-0.05, 0) is 25.0 Å². The SMILES string of the molecule is CCCOCCCNC(=O)c1ccc([N+](=O)[O-])c(O)c1. The minimum absolute atomic E-state index is 0.183. The van der Waals surface area contributed by atoms with Crippen molar-refractivity contribution in [1.29, 1.82) is 0 Å². The summed E-state index contributed by atoms with van der Waals surface area (Å²) in [6.07, 6.45) is 1.64. The fraction of sp³-hybridized carbons (Fsp3) is 0.462. The second-order valence-electron chi connectivity index (χ2n) is 4.18. The van der Waals surface area contributed by atoms with Gasteiger partial charge in [-0.15, -0.1) is 0 Å². The van der Waals surface area contributed by atoms with Gasteiger partial charge in [0.15, 0.2) is 5.75 Å². The van der Waals surface area contributed by atoms with Gasteiger partial charge in [0, 0.05) is 31.4 Å². The number of ether oxygens (including phenoxy) is 1. The van der Waals surface area contributed by atoms with Crippen LogP contribution in [0.25, 0.3) is 0 Å². The van der Waals surface area contributed by atoms with E-state index in [1.807, 2.05) is 6.92 Å². The molecule has 0 aliphatic heterocycles. The number of amides is 1. The third-order valence-corrected chi connectivity index (χ3v) is 2.53. The van der Waals surface area contributed by atoms with Gasteiger partial charge in [0.25, 0.3) is 5.91 Å². The van der Waals surface area contributed by atoms with Crippen LogP contribution >= 0.6 is 0 Å². The molecule has 20 heavy (non-hydrogen) atoms. The monoisotopic (exact) mass is 282 g/mol. The maximum Gasteiger partial charge on any atom is 0.310 e. The molecule has 110 valence electrons. The molecule has 1 amide bonds. The summed E-state index contributed by atoms with van der Waals surface area (Å²) in [6.45, 7) is 3.73. The first kappa shape index (κ1) is 15.9. The molecular weight excluding hydrogens is 264 g/mol. The molecule has 0 bridgehead atoms. The average Bonchev–Trinajstić information content (AvgIpc) is 2.41. The molecule has 0 aliphatic carbocycles. The second-order valence-corrected chi connectivity index (χ2v) is 4.18. The molecule has 7 heteroatoms. The first-order valence-corrected chi connectivity index (χ1v) is 6.39. The number of nitrogens with one attached hydrogen (secondary N) is 1. The Morgan fingerprint density at radius 1 is 1.45 bits per heavy atom. The number of nitro groups is 1. The first-order chi connectivity index (χ1) is 9.56. The number of hydrogen-bond acceptors (Lipinski definition) is 5. The summed E-state index contributed by atoms with van der Waals surface area (Å²) in [5.41, 5.74) is -0.239. The van der Waals surface area contributed by atoms with Crippen LogP contribution in [0.4, 0.5) is 5.69 Å². The number of phenols is 1. The quantitative estimate of drug-likeness (QED) is 0.430. The molecule has 7 nitrogen and oxygen atoms in total. The van der Waals surface area contributed by atoms with Crippen LogP contribution in [-0.4, -0.2) is 35.7 Å². The van der Waals surface area contributed by atoms with Gasteiger partial charge < -0.3 is 15.2 Å². The van der Waals surface area contributed by atoms with E-state index in [9.17, 15) is 20.0 Å². The number of carbonyl (C=O) groups excluding carboxylic acids is 1. The van der Waals surface area contributed by atoms with Gasteiger partial charge in [0.05, 0.1) is 4.92 Å². The fourth-order valence-electron chi connectivity index (χ4n) is 1.54. The number of nitro benzene ring substituents is 1. The summed E-state index contributed by atoms with van der Waals surface area (Å²) >= 11 is 0. The zero-order valence-corrected chi connectivity index (χ0v) is 11.3. The Labute approximate surface area is 116 Å². The van der Waals surface area contributed by atoms with E-state index in [1.165, 1.54) is 6.07 Å². The van der Waals surface area contributed by atoms with Crippen LogP contribution in [0, 0.1) is 10.1 Å². The van der Waals surface area contributed by atoms with Crippen molar-refractivity contribution in [1.82, 2.24) is 5.32 Å². The van der Waals surface area contributed by atoms with E-state index in [2.05, 4.69) is 5.32 Å². The molecular formula is C13H18N2O5. The van der Waals surface area contributed by atoms with E-state index in [4.69, 9.17) is 4.74 Å².